The molecule has 1 N–H and O–H groups in total. The second kappa shape index (κ2) is 5.01. The van der Waals surface area contributed by atoms with Crippen molar-refractivity contribution < 1.29 is 9.84 Å². The first-order valence-electron chi connectivity index (χ1n) is 5.13. The molecule has 1 fully saturated rings. The number of hydrogen-bond acceptors (Lipinski definition) is 4. The van der Waals surface area contributed by atoms with Gasteiger partial charge in [-0.15, -0.1) is 0 Å². The van der Waals surface area contributed by atoms with Gasteiger partial charge in [-0.05, 0) is 18.8 Å². The third kappa shape index (κ3) is 2.96. The van der Waals surface area contributed by atoms with Crippen LogP contribution in [0.25, 0.3) is 0 Å². The molecule has 1 heterocycles. The quantitative estimate of drug-likeness (QED) is 0.454. The van der Waals surface area contributed by atoms with E-state index in [-0.39, 0.29) is 6.61 Å². The summed E-state index contributed by atoms with van der Waals surface area (Å²) in [4.78, 5) is 4.20. The summed E-state index contributed by atoms with van der Waals surface area (Å²) in [6, 6.07) is 0. The van der Waals surface area contributed by atoms with Crippen LogP contribution in [0.1, 0.15) is 18.5 Å². The lowest BCUT2D eigenvalue weighted by Crippen LogP contribution is -2.00. The van der Waals surface area contributed by atoms with Gasteiger partial charge in [-0.25, -0.2) is 4.98 Å². The number of ether oxygens (including phenoxy) is 1. The van der Waals surface area contributed by atoms with Crippen molar-refractivity contribution in [1.82, 2.24) is 9.55 Å². The van der Waals surface area contributed by atoms with Crippen LogP contribution in [-0.2, 0) is 18.4 Å². The van der Waals surface area contributed by atoms with Crippen LogP contribution in [0, 0.1) is 5.92 Å². The van der Waals surface area contributed by atoms with Gasteiger partial charge in [-0.1, -0.05) is 11.8 Å². The highest BCUT2D eigenvalue weighted by Gasteiger charge is 2.21. The Bertz CT molecular complexity index is 323. The number of imidazole rings is 1. The van der Waals surface area contributed by atoms with Crippen molar-refractivity contribution in [3.63, 3.8) is 0 Å². The Balaban J connectivity index is 1.74. The SMILES string of the molecule is Cn1c(CO)cnc1SCOCC1CC1. The minimum absolute atomic E-state index is 0.0347. The van der Waals surface area contributed by atoms with Gasteiger partial charge >= 0.3 is 0 Å². The lowest BCUT2D eigenvalue weighted by Gasteiger charge is -2.04. The fourth-order valence-electron chi connectivity index (χ4n) is 1.30. The van der Waals surface area contributed by atoms with Crippen LogP contribution < -0.4 is 0 Å². The highest BCUT2D eigenvalue weighted by Crippen LogP contribution is 2.29. The predicted molar refractivity (Wildman–Crippen MR) is 58.5 cm³/mol. The minimum Gasteiger partial charge on any atom is -0.390 e. The molecule has 1 aliphatic rings. The third-order valence-corrected chi connectivity index (χ3v) is 3.45. The maximum absolute atomic E-state index is 8.98. The molecule has 2 rings (SSSR count). The van der Waals surface area contributed by atoms with Gasteiger partial charge in [0.2, 0.25) is 0 Å². The van der Waals surface area contributed by atoms with Crippen molar-refractivity contribution >= 4 is 11.8 Å². The van der Waals surface area contributed by atoms with Gasteiger partial charge in [0.25, 0.3) is 0 Å². The van der Waals surface area contributed by atoms with Gasteiger partial charge in [0, 0.05) is 7.05 Å². The molecular weight excluding hydrogens is 212 g/mol. The molecule has 15 heavy (non-hydrogen) atoms. The summed E-state index contributed by atoms with van der Waals surface area (Å²) < 4.78 is 7.40. The topological polar surface area (TPSA) is 47.3 Å². The molecule has 0 saturated heterocycles. The Morgan fingerprint density at radius 2 is 2.47 bits per heavy atom. The summed E-state index contributed by atoms with van der Waals surface area (Å²) in [5, 5.41) is 9.88. The van der Waals surface area contributed by atoms with E-state index >= 15 is 0 Å². The van der Waals surface area contributed by atoms with Gasteiger partial charge in [0.15, 0.2) is 5.16 Å². The number of rotatable bonds is 6. The van der Waals surface area contributed by atoms with Gasteiger partial charge in [-0.2, -0.15) is 0 Å². The monoisotopic (exact) mass is 228 g/mol. The first-order valence-corrected chi connectivity index (χ1v) is 6.12. The van der Waals surface area contributed by atoms with E-state index in [4.69, 9.17) is 9.84 Å². The Morgan fingerprint density at radius 1 is 1.67 bits per heavy atom. The summed E-state index contributed by atoms with van der Waals surface area (Å²) in [7, 11) is 1.90. The number of aliphatic hydroxyl groups is 1. The van der Waals surface area contributed by atoms with E-state index in [1.807, 2.05) is 11.6 Å². The highest BCUT2D eigenvalue weighted by atomic mass is 32.2. The molecule has 0 amide bonds. The smallest absolute Gasteiger partial charge is 0.170 e. The maximum atomic E-state index is 8.98. The zero-order valence-corrected chi connectivity index (χ0v) is 9.66. The van der Waals surface area contributed by atoms with Gasteiger partial charge in [-0.3, -0.25) is 0 Å². The molecule has 0 aliphatic heterocycles. The van der Waals surface area contributed by atoms with Crippen LogP contribution >= 0.6 is 11.8 Å². The van der Waals surface area contributed by atoms with Crippen LogP contribution in [0.3, 0.4) is 0 Å². The zero-order chi connectivity index (χ0) is 10.7. The fourth-order valence-corrected chi connectivity index (χ4v) is 2.02. The van der Waals surface area contributed by atoms with Crippen molar-refractivity contribution in [1.29, 1.82) is 0 Å². The first kappa shape index (κ1) is 11.0. The molecule has 5 heteroatoms. The lowest BCUT2D eigenvalue weighted by molar-refractivity contribution is 0.170. The molecule has 0 aromatic carbocycles. The van der Waals surface area contributed by atoms with Crippen molar-refractivity contribution in [2.45, 2.75) is 24.6 Å². The van der Waals surface area contributed by atoms with E-state index in [0.29, 0.717) is 5.94 Å². The van der Waals surface area contributed by atoms with E-state index < -0.39 is 0 Å². The molecule has 0 radical (unpaired) electrons. The summed E-state index contributed by atoms with van der Waals surface area (Å²) in [5.41, 5.74) is 0.833. The fraction of sp³-hybridized carbons (Fsp3) is 0.700. The van der Waals surface area contributed by atoms with Crippen molar-refractivity contribution in [2.75, 3.05) is 12.5 Å². The number of aliphatic hydroxyl groups excluding tert-OH is 1. The molecule has 0 spiro atoms. The Morgan fingerprint density at radius 3 is 3.07 bits per heavy atom. The Labute approximate surface area is 93.6 Å². The maximum Gasteiger partial charge on any atom is 0.170 e. The predicted octanol–water partition coefficient (Wildman–Crippen LogP) is 1.39. The average molecular weight is 228 g/mol. The normalized spacial score (nSPS) is 15.9. The van der Waals surface area contributed by atoms with Crippen LogP contribution in [0.15, 0.2) is 11.4 Å². The standard InChI is InChI=1S/C10H16N2O2S/c1-12-9(5-13)4-11-10(12)15-7-14-6-8-2-3-8/h4,8,13H,2-3,5-7H2,1H3. The third-order valence-electron chi connectivity index (χ3n) is 2.53. The van der Waals surface area contributed by atoms with Crippen LogP contribution in [0.5, 0.6) is 0 Å². The summed E-state index contributed by atoms with van der Waals surface area (Å²) in [6.45, 7) is 0.914. The van der Waals surface area contributed by atoms with Crippen molar-refractivity contribution in [3.8, 4) is 0 Å². The lowest BCUT2D eigenvalue weighted by atomic mass is 10.5. The van der Waals surface area contributed by atoms with E-state index in [1.54, 1.807) is 18.0 Å². The van der Waals surface area contributed by atoms with Crippen LogP contribution in [0.2, 0.25) is 0 Å². The summed E-state index contributed by atoms with van der Waals surface area (Å²) in [6.07, 6.45) is 4.34. The van der Waals surface area contributed by atoms with E-state index in [0.717, 1.165) is 23.4 Å². The second-order valence-electron chi connectivity index (χ2n) is 3.83. The Kier molecular flexibility index (Phi) is 3.66. The minimum atomic E-state index is 0.0347. The van der Waals surface area contributed by atoms with Gasteiger partial charge in [0.05, 0.1) is 31.0 Å². The van der Waals surface area contributed by atoms with E-state index in [9.17, 15) is 0 Å². The number of nitrogens with zero attached hydrogens (tertiary/aromatic N) is 2. The number of aromatic nitrogens is 2. The van der Waals surface area contributed by atoms with Crippen LogP contribution in [0.4, 0.5) is 0 Å². The summed E-state index contributed by atoms with van der Waals surface area (Å²) >= 11 is 1.57. The molecule has 1 aromatic rings. The molecule has 1 aromatic heterocycles. The Hall–Kier alpha value is -0.520. The zero-order valence-electron chi connectivity index (χ0n) is 8.85. The number of hydrogen-bond donors (Lipinski definition) is 1. The molecule has 1 aliphatic carbocycles. The molecule has 1 saturated carbocycles. The van der Waals surface area contributed by atoms with E-state index in [1.165, 1.54) is 12.8 Å². The molecular formula is C10H16N2O2S. The van der Waals surface area contributed by atoms with Gasteiger partial charge < -0.3 is 14.4 Å². The van der Waals surface area contributed by atoms with Crippen molar-refractivity contribution in [3.05, 3.63) is 11.9 Å². The largest absolute Gasteiger partial charge is 0.390 e. The van der Waals surface area contributed by atoms with Gasteiger partial charge in [0.1, 0.15) is 0 Å². The summed E-state index contributed by atoms with van der Waals surface area (Å²) in [5.74, 6) is 1.45. The highest BCUT2D eigenvalue weighted by molar-refractivity contribution is 7.99. The second-order valence-corrected chi connectivity index (χ2v) is 4.72. The van der Waals surface area contributed by atoms with E-state index in [2.05, 4.69) is 4.98 Å². The average Bonchev–Trinajstić information content (AvgIpc) is 2.99. The number of thioether (sulfide) groups is 1. The molecule has 0 unspecified atom stereocenters. The first-order chi connectivity index (χ1) is 7.31. The van der Waals surface area contributed by atoms with Crippen molar-refractivity contribution in [2.24, 2.45) is 13.0 Å². The molecule has 0 atom stereocenters. The molecule has 0 bridgehead atoms. The molecule has 84 valence electrons. The van der Waals surface area contributed by atoms with Crippen LogP contribution in [-0.4, -0.2) is 27.2 Å². The molecule has 4 nitrogen and oxygen atoms in total.